The third-order valence-electron chi connectivity index (χ3n) is 15.2. The lowest BCUT2D eigenvalue weighted by Crippen LogP contribution is -2.38. The van der Waals surface area contributed by atoms with Gasteiger partial charge in [-0.3, -0.25) is 9.88 Å². The Bertz CT molecular complexity index is 2180. The topological polar surface area (TPSA) is 181 Å². The average Bonchev–Trinajstić information content (AvgIpc) is 3.67. The molecule has 13 nitrogen and oxygen atoms in total. The molecule has 12 atom stereocenters. The second-order valence-electron chi connectivity index (χ2n) is 17.3. The van der Waals surface area contributed by atoms with Gasteiger partial charge in [-0.1, -0.05) is 18.1 Å². The van der Waals surface area contributed by atoms with Gasteiger partial charge in [-0.25, -0.2) is 18.3 Å². The lowest BCUT2D eigenvalue weighted by molar-refractivity contribution is 0.129. The van der Waals surface area contributed by atoms with Gasteiger partial charge in [0, 0.05) is 60.0 Å². The summed E-state index contributed by atoms with van der Waals surface area (Å²) in [5, 5.41) is 49.2. The van der Waals surface area contributed by atoms with Crippen LogP contribution >= 0.6 is 0 Å². The second kappa shape index (κ2) is 13.0. The fourth-order valence-electron chi connectivity index (χ4n) is 12.6. The molecule has 6 heterocycles. The van der Waals surface area contributed by atoms with Gasteiger partial charge in [-0.05, 0) is 85.8 Å². The second-order valence-corrected chi connectivity index (χ2v) is 17.3. The molecule has 3 aromatic rings. The smallest absolute Gasteiger partial charge is 0.414 e. The molecule has 3 saturated carbocycles. The van der Waals surface area contributed by atoms with Crippen LogP contribution in [0.2, 0.25) is 0 Å². The van der Waals surface area contributed by atoms with Crippen molar-refractivity contribution in [3.8, 4) is 29.3 Å². The molecular formula is C41H43F2N11O2. The van der Waals surface area contributed by atoms with Crippen LogP contribution in [0.1, 0.15) is 37.2 Å². The molecule has 1 amide bonds. The van der Waals surface area contributed by atoms with Crippen LogP contribution < -0.4 is 20.9 Å². The normalized spacial score (nSPS) is 36.7. The fourth-order valence-corrected chi connectivity index (χ4v) is 12.6. The van der Waals surface area contributed by atoms with Gasteiger partial charge in [-0.2, -0.15) is 15.8 Å². The molecule has 3 N–H and O–H groups in total. The number of carbonyl (C=O) groups is 1. The number of unbranched alkanes of at least 4 members (excludes halogenated alkanes) is 1. The number of ether oxygens (including phenoxy) is 1. The molecule has 288 valence electrons. The van der Waals surface area contributed by atoms with Crippen LogP contribution in [-0.4, -0.2) is 78.0 Å². The highest BCUT2D eigenvalue weighted by Crippen LogP contribution is 2.77. The van der Waals surface area contributed by atoms with Crippen molar-refractivity contribution in [2.24, 2.45) is 57.7 Å². The highest BCUT2D eigenvalue weighted by molar-refractivity contribution is 5.90. The van der Waals surface area contributed by atoms with Gasteiger partial charge in [0.05, 0.1) is 66.5 Å². The number of aromatic nitrogens is 4. The number of hydrogen-bond donors (Lipinski definition) is 3. The largest absolute Gasteiger partial charge is 0.442 e. The van der Waals surface area contributed by atoms with E-state index in [1.54, 1.807) is 12.4 Å². The first kappa shape index (κ1) is 35.4. The maximum Gasteiger partial charge on any atom is 0.414 e. The molecule has 56 heavy (non-hydrogen) atoms. The molecular weight excluding hydrogens is 717 g/mol. The Morgan fingerprint density at radius 2 is 1.61 bits per heavy atom. The number of anilines is 1. The average molecular weight is 760 g/mol. The summed E-state index contributed by atoms with van der Waals surface area (Å²) >= 11 is 0. The van der Waals surface area contributed by atoms with Gasteiger partial charge in [0.25, 0.3) is 0 Å². The molecule has 0 bridgehead atoms. The van der Waals surface area contributed by atoms with E-state index in [0.717, 1.165) is 50.9 Å². The van der Waals surface area contributed by atoms with Crippen LogP contribution in [0.25, 0.3) is 11.1 Å². The summed E-state index contributed by atoms with van der Waals surface area (Å²) < 4.78 is 40.3. The maximum atomic E-state index is 16.6. The van der Waals surface area contributed by atoms with Crippen LogP contribution in [0.3, 0.4) is 0 Å². The molecule has 1 aromatic carbocycles. The Labute approximate surface area is 323 Å². The Hall–Kier alpha value is -5.01. The van der Waals surface area contributed by atoms with E-state index < -0.39 is 29.2 Å². The van der Waals surface area contributed by atoms with Crippen molar-refractivity contribution >= 4 is 11.8 Å². The summed E-state index contributed by atoms with van der Waals surface area (Å²) in [5.74, 6) is -1.67. The number of benzene rings is 1. The number of nitriles is 3. The predicted octanol–water partition coefficient (Wildman–Crippen LogP) is 3.98. The van der Waals surface area contributed by atoms with E-state index in [9.17, 15) is 20.6 Å². The number of piperidine rings is 3. The zero-order chi connectivity index (χ0) is 38.4. The van der Waals surface area contributed by atoms with Crippen molar-refractivity contribution in [2.75, 3.05) is 50.7 Å². The number of hydrogen-bond acceptors (Lipinski definition) is 11. The predicted molar refractivity (Wildman–Crippen MR) is 196 cm³/mol. The van der Waals surface area contributed by atoms with E-state index in [-0.39, 0.29) is 76.6 Å². The molecule has 4 saturated heterocycles. The van der Waals surface area contributed by atoms with Crippen LogP contribution in [0.4, 0.5) is 19.3 Å². The Morgan fingerprint density at radius 1 is 0.911 bits per heavy atom. The zero-order valence-electron chi connectivity index (χ0n) is 30.9. The maximum absolute atomic E-state index is 16.6. The van der Waals surface area contributed by atoms with E-state index in [4.69, 9.17) is 4.74 Å². The van der Waals surface area contributed by atoms with Crippen molar-refractivity contribution in [3.05, 3.63) is 60.2 Å². The van der Waals surface area contributed by atoms with E-state index >= 15 is 8.78 Å². The van der Waals surface area contributed by atoms with Crippen molar-refractivity contribution in [3.63, 3.8) is 0 Å². The van der Waals surface area contributed by atoms with Crippen LogP contribution in [0.5, 0.6) is 0 Å². The van der Waals surface area contributed by atoms with E-state index in [1.165, 1.54) is 34.1 Å². The molecule has 7 aliphatic rings. The van der Waals surface area contributed by atoms with Crippen molar-refractivity contribution in [1.29, 1.82) is 15.8 Å². The summed E-state index contributed by atoms with van der Waals surface area (Å²) in [4.78, 5) is 18.6. The molecule has 2 aromatic heterocycles. The van der Waals surface area contributed by atoms with Gasteiger partial charge in [-0.15, -0.1) is 5.10 Å². The van der Waals surface area contributed by atoms with Crippen LogP contribution in [0, 0.1) is 103 Å². The SMILES string of the molecule is N#CC1C2CNCC12CCCCC(C(c1ccncc1-c1c(F)cc(N2C[C@H](Cn3ccnn3)OC2=O)cc1F)C12CNCC1C2C#N)C12CNCC1C2C#N. The van der Waals surface area contributed by atoms with Gasteiger partial charge >= 0.3 is 6.09 Å². The number of amides is 1. The summed E-state index contributed by atoms with van der Waals surface area (Å²) in [6, 6.07) is 12.0. The molecule has 11 unspecified atom stereocenters. The van der Waals surface area contributed by atoms with Gasteiger partial charge in [0.1, 0.15) is 17.7 Å². The number of nitrogens with one attached hydrogen (secondary N) is 3. The highest BCUT2D eigenvalue weighted by atomic mass is 19.1. The summed E-state index contributed by atoms with van der Waals surface area (Å²) in [6.45, 7) is 4.79. The molecule has 15 heteroatoms. The standard InChI is InChI=1S/C41H43F2N11O2/c42-34-9-23(54-19-24(56-38(54)55)18-53-8-7-51-52-53)10-35(43)36(34)26-14-47-6-4-25(26)37(41-22-50-17-33(41)30(41)13-46)27(40-21-49-16-32(40)29(40)12-45)3-1-2-5-39-20-48-15-31(39)28(39)11-44/h4,6-10,14,24,27-33,37,48-50H,1-3,5,15-22H2/t24-,27?,28?,29?,30?,31?,32?,33?,37?,39?,40?,41?/m0/s1. The third-order valence-corrected chi connectivity index (χ3v) is 15.2. The monoisotopic (exact) mass is 759 g/mol. The number of pyridine rings is 1. The molecule has 3 aliphatic carbocycles. The van der Waals surface area contributed by atoms with E-state index in [0.29, 0.717) is 31.1 Å². The molecule has 7 fully saturated rings. The lowest BCUT2D eigenvalue weighted by atomic mass is 9.63. The molecule has 10 rings (SSSR count). The van der Waals surface area contributed by atoms with Crippen LogP contribution in [-0.2, 0) is 11.3 Å². The third kappa shape index (κ3) is 5.02. The number of rotatable bonds is 13. The van der Waals surface area contributed by atoms with E-state index in [2.05, 4.69) is 49.5 Å². The van der Waals surface area contributed by atoms with Gasteiger partial charge < -0.3 is 20.7 Å². The first-order valence-corrected chi connectivity index (χ1v) is 19.9. The van der Waals surface area contributed by atoms with Crippen molar-refractivity contribution < 1.29 is 18.3 Å². The minimum absolute atomic E-state index is 0.0408. The van der Waals surface area contributed by atoms with Crippen LogP contribution in [0.15, 0.2) is 43.0 Å². The van der Waals surface area contributed by atoms with Crippen molar-refractivity contribution in [1.82, 2.24) is 35.9 Å². The number of fused-ring (bicyclic) bond motifs is 3. The minimum atomic E-state index is -0.835. The first-order chi connectivity index (χ1) is 27.3. The number of halogens is 2. The number of carbonyl (C=O) groups excluding carboxylic acids is 1. The molecule has 0 radical (unpaired) electrons. The molecule has 0 spiro atoms. The minimum Gasteiger partial charge on any atom is -0.442 e. The lowest BCUT2D eigenvalue weighted by Gasteiger charge is -2.40. The highest BCUT2D eigenvalue weighted by Gasteiger charge is 2.78. The Balaban J connectivity index is 1.01. The fraction of sp³-hybridized carbons (Fsp3) is 0.585. The van der Waals surface area contributed by atoms with Crippen molar-refractivity contribution in [2.45, 2.75) is 44.2 Å². The number of nitrogens with zero attached hydrogens (tertiary/aromatic N) is 8. The Kier molecular flexibility index (Phi) is 8.23. The summed E-state index contributed by atoms with van der Waals surface area (Å²) in [6.07, 6.45) is 8.63. The summed E-state index contributed by atoms with van der Waals surface area (Å²) in [7, 11) is 0. The Morgan fingerprint density at radius 3 is 2.29 bits per heavy atom. The van der Waals surface area contributed by atoms with E-state index in [1.807, 2.05) is 6.07 Å². The number of cyclic esters (lactones) is 1. The van der Waals surface area contributed by atoms with Gasteiger partial charge in [0.15, 0.2) is 0 Å². The van der Waals surface area contributed by atoms with Gasteiger partial charge in [0.2, 0.25) is 0 Å². The summed E-state index contributed by atoms with van der Waals surface area (Å²) in [5.41, 5.74) is 0.0942. The zero-order valence-corrected chi connectivity index (χ0v) is 30.9. The first-order valence-electron chi connectivity index (χ1n) is 19.9. The quantitative estimate of drug-likeness (QED) is 0.215. The molecule has 4 aliphatic heterocycles.